The number of allylic oxidation sites excluding steroid dienone is 2. The van der Waals surface area contributed by atoms with Crippen molar-refractivity contribution in [1.82, 2.24) is 0 Å². The van der Waals surface area contributed by atoms with Crippen molar-refractivity contribution in [3.63, 3.8) is 0 Å². The van der Waals surface area contributed by atoms with Crippen LogP contribution in [0.25, 0.3) is 0 Å². The third-order valence-corrected chi connectivity index (χ3v) is 1.43. The smallest absolute Gasteiger partial charge is 0.179 e. The molecule has 0 saturated heterocycles. The zero-order chi connectivity index (χ0) is 6.85. The van der Waals surface area contributed by atoms with E-state index in [1.165, 1.54) is 18.2 Å². The number of carbonyl (C=O) groups is 1. The molecule has 0 fully saturated rings. The maximum Gasteiger partial charge on any atom is 0.179 e. The van der Waals surface area contributed by atoms with Gasteiger partial charge in [-0.3, -0.25) is 4.79 Å². The third-order valence-electron chi connectivity index (χ3n) is 1.04. The Kier molecular flexibility index (Phi) is 1.73. The van der Waals surface area contributed by atoms with E-state index in [0.717, 1.165) is 0 Å². The molecule has 1 rings (SSSR count). The van der Waals surface area contributed by atoms with Crippen molar-refractivity contribution in [2.45, 2.75) is 6.10 Å². The zero-order valence-corrected chi connectivity index (χ0v) is 5.51. The molecule has 9 heavy (non-hydrogen) atoms. The fourth-order valence-corrected chi connectivity index (χ4v) is 0.777. The highest BCUT2D eigenvalue weighted by molar-refractivity contribution is 7.84. The number of hydrogen-bond acceptors (Lipinski definition) is 3. The summed E-state index contributed by atoms with van der Waals surface area (Å²) in [4.78, 5) is 10.9. The molecule has 0 bridgehead atoms. The molecule has 0 saturated carbocycles. The van der Waals surface area contributed by atoms with E-state index in [0.29, 0.717) is 4.91 Å². The van der Waals surface area contributed by atoms with Gasteiger partial charge in [0, 0.05) is 4.91 Å². The lowest BCUT2D eigenvalue weighted by Gasteiger charge is -2.06. The van der Waals surface area contributed by atoms with E-state index in [9.17, 15) is 4.79 Å². The molecule has 48 valence electrons. The van der Waals surface area contributed by atoms with Crippen LogP contribution in [0, 0.1) is 0 Å². The fourth-order valence-electron chi connectivity index (χ4n) is 0.564. The highest BCUT2D eigenvalue weighted by Crippen LogP contribution is 2.12. The van der Waals surface area contributed by atoms with Crippen molar-refractivity contribution < 1.29 is 9.90 Å². The summed E-state index contributed by atoms with van der Waals surface area (Å²) in [6.07, 6.45) is 3.34. The van der Waals surface area contributed by atoms with Gasteiger partial charge in [-0.05, 0) is 18.2 Å². The number of carbonyl (C=O) groups excluding carboxylic acids is 1. The number of aliphatic hydroxyl groups excluding tert-OH is 1. The topological polar surface area (TPSA) is 37.3 Å². The average Bonchev–Trinajstić information content (AvgIpc) is 1.80. The minimum absolute atomic E-state index is 0.120. The van der Waals surface area contributed by atoms with Crippen molar-refractivity contribution >= 4 is 18.4 Å². The summed E-state index contributed by atoms with van der Waals surface area (Å²) >= 11 is 3.85. The van der Waals surface area contributed by atoms with Gasteiger partial charge in [-0.1, -0.05) is 0 Å². The number of aliphatic hydroxyl groups is 1. The standard InChI is InChI=1S/C6H6O2S/c7-4-1-2-5(8)6(9)3-4/h1-3,5,8-9H. The Morgan fingerprint density at radius 2 is 2.33 bits per heavy atom. The Labute approximate surface area is 58.3 Å². The number of rotatable bonds is 0. The first kappa shape index (κ1) is 6.58. The van der Waals surface area contributed by atoms with Crippen LogP contribution in [0.15, 0.2) is 23.1 Å². The van der Waals surface area contributed by atoms with E-state index in [2.05, 4.69) is 12.6 Å². The molecule has 0 aromatic heterocycles. The molecule has 0 heterocycles. The summed E-state index contributed by atoms with van der Waals surface area (Å²) in [6, 6.07) is 0. The van der Waals surface area contributed by atoms with Gasteiger partial charge in [0.25, 0.3) is 0 Å². The molecule has 0 aromatic carbocycles. The normalized spacial score (nSPS) is 26.2. The van der Waals surface area contributed by atoms with Crippen molar-refractivity contribution in [3.8, 4) is 0 Å². The first-order valence-corrected chi connectivity index (χ1v) is 2.95. The highest BCUT2D eigenvalue weighted by Gasteiger charge is 2.08. The molecule has 1 N–H and O–H groups in total. The van der Waals surface area contributed by atoms with Crippen molar-refractivity contribution in [3.05, 3.63) is 23.1 Å². The number of hydrogen-bond donors (Lipinski definition) is 2. The summed E-state index contributed by atoms with van der Waals surface area (Å²) in [5.41, 5.74) is 0. The van der Waals surface area contributed by atoms with Crippen LogP contribution in [0.2, 0.25) is 0 Å². The largest absolute Gasteiger partial charge is 0.384 e. The average molecular weight is 142 g/mol. The van der Waals surface area contributed by atoms with Gasteiger partial charge >= 0.3 is 0 Å². The second kappa shape index (κ2) is 2.37. The summed E-state index contributed by atoms with van der Waals surface area (Å²) in [5, 5.41) is 8.91. The molecule has 1 unspecified atom stereocenters. The summed E-state index contributed by atoms with van der Waals surface area (Å²) in [5.74, 6) is -0.120. The Hall–Kier alpha value is -0.540. The predicted molar refractivity (Wildman–Crippen MR) is 37.2 cm³/mol. The van der Waals surface area contributed by atoms with E-state index in [4.69, 9.17) is 5.11 Å². The first-order valence-electron chi connectivity index (χ1n) is 2.51. The van der Waals surface area contributed by atoms with Crippen molar-refractivity contribution in [2.24, 2.45) is 0 Å². The van der Waals surface area contributed by atoms with Gasteiger partial charge in [0.2, 0.25) is 0 Å². The van der Waals surface area contributed by atoms with E-state index >= 15 is 0 Å². The monoisotopic (exact) mass is 142 g/mol. The van der Waals surface area contributed by atoms with Gasteiger partial charge in [0.15, 0.2) is 5.78 Å². The molecule has 3 heteroatoms. The van der Waals surface area contributed by atoms with Gasteiger partial charge in [0.05, 0.1) is 0 Å². The second-order valence-corrected chi connectivity index (χ2v) is 2.29. The first-order chi connectivity index (χ1) is 4.20. The summed E-state index contributed by atoms with van der Waals surface area (Å²) < 4.78 is 0. The molecule has 0 aliphatic heterocycles. The lowest BCUT2D eigenvalue weighted by Crippen LogP contribution is -2.08. The summed E-state index contributed by atoms with van der Waals surface area (Å²) in [7, 11) is 0. The van der Waals surface area contributed by atoms with Gasteiger partial charge in [-0.25, -0.2) is 0 Å². The second-order valence-electron chi connectivity index (χ2n) is 1.78. The van der Waals surface area contributed by atoms with Gasteiger partial charge in [-0.15, -0.1) is 12.6 Å². The van der Waals surface area contributed by atoms with E-state index in [1.807, 2.05) is 0 Å². The van der Waals surface area contributed by atoms with Crippen LogP contribution in [-0.2, 0) is 4.79 Å². The maximum atomic E-state index is 10.5. The molecule has 2 nitrogen and oxygen atoms in total. The molecule has 0 radical (unpaired) electrons. The molecule has 0 spiro atoms. The van der Waals surface area contributed by atoms with Crippen LogP contribution in [0.3, 0.4) is 0 Å². The fraction of sp³-hybridized carbons (Fsp3) is 0.167. The minimum Gasteiger partial charge on any atom is -0.384 e. The quantitative estimate of drug-likeness (QED) is 0.477. The zero-order valence-electron chi connectivity index (χ0n) is 4.61. The van der Waals surface area contributed by atoms with Gasteiger partial charge < -0.3 is 5.11 Å². The van der Waals surface area contributed by atoms with Gasteiger partial charge in [0.1, 0.15) is 6.10 Å². The molecule has 0 aromatic rings. The number of thiol groups is 1. The van der Waals surface area contributed by atoms with Crippen LogP contribution >= 0.6 is 12.6 Å². The van der Waals surface area contributed by atoms with Crippen LogP contribution < -0.4 is 0 Å². The minimum atomic E-state index is -0.689. The maximum absolute atomic E-state index is 10.5. The summed E-state index contributed by atoms with van der Waals surface area (Å²) in [6.45, 7) is 0. The van der Waals surface area contributed by atoms with Crippen LogP contribution in [0.4, 0.5) is 0 Å². The molecule has 1 aliphatic rings. The van der Waals surface area contributed by atoms with E-state index in [1.54, 1.807) is 0 Å². The Bertz CT molecular complexity index is 193. The third kappa shape index (κ3) is 1.43. The Balaban J connectivity index is 2.82. The van der Waals surface area contributed by atoms with Crippen LogP contribution in [0.1, 0.15) is 0 Å². The lowest BCUT2D eigenvalue weighted by molar-refractivity contribution is -0.110. The highest BCUT2D eigenvalue weighted by atomic mass is 32.1. The van der Waals surface area contributed by atoms with Gasteiger partial charge in [-0.2, -0.15) is 0 Å². The Morgan fingerprint density at radius 1 is 1.67 bits per heavy atom. The van der Waals surface area contributed by atoms with Crippen molar-refractivity contribution in [2.75, 3.05) is 0 Å². The van der Waals surface area contributed by atoms with E-state index < -0.39 is 6.10 Å². The molecule has 1 aliphatic carbocycles. The van der Waals surface area contributed by atoms with Crippen molar-refractivity contribution in [1.29, 1.82) is 0 Å². The van der Waals surface area contributed by atoms with Crippen LogP contribution in [-0.4, -0.2) is 17.0 Å². The molecule has 0 amide bonds. The van der Waals surface area contributed by atoms with Crippen LogP contribution in [0.5, 0.6) is 0 Å². The Morgan fingerprint density at radius 3 is 2.78 bits per heavy atom. The number of ketones is 1. The molecular formula is C6H6O2S. The molecule has 1 atom stereocenters. The van der Waals surface area contributed by atoms with E-state index in [-0.39, 0.29) is 5.78 Å². The molecular weight excluding hydrogens is 136 g/mol. The lowest BCUT2D eigenvalue weighted by atomic mass is 10.1. The SMILES string of the molecule is O=C1C=CC(O)C(S)=C1. The predicted octanol–water partition coefficient (Wildman–Crippen LogP) is 0.300.